The van der Waals surface area contributed by atoms with Crippen molar-refractivity contribution in [2.45, 2.75) is 0 Å². The lowest BCUT2D eigenvalue weighted by Gasteiger charge is -2.05. The predicted molar refractivity (Wildman–Crippen MR) is 90.3 cm³/mol. The molecule has 0 saturated heterocycles. The number of carbonyl (C=O) groups excluding carboxylic acids is 1. The number of anilines is 1. The number of nitrogens with zero attached hydrogens (tertiary/aromatic N) is 1. The van der Waals surface area contributed by atoms with Crippen molar-refractivity contribution in [3.8, 4) is 11.5 Å². The van der Waals surface area contributed by atoms with Crippen molar-refractivity contribution >= 4 is 29.4 Å². The standard InChI is InChI=1S/C16H16ClN3O3/c1-23-15-6-5-11(7-14(15)21)9-19-20-16(22)10-18-13-4-2-3-12(17)8-13/h2-9,18,21H,10H2,1H3,(H,20,22)/b19-9-. The number of ether oxygens (including phenoxy) is 1. The lowest BCUT2D eigenvalue weighted by atomic mass is 10.2. The zero-order valence-electron chi connectivity index (χ0n) is 12.4. The van der Waals surface area contributed by atoms with Crippen molar-refractivity contribution in [3.63, 3.8) is 0 Å². The first-order valence-corrected chi connectivity index (χ1v) is 7.14. The third-order valence-corrected chi connectivity index (χ3v) is 3.12. The third kappa shape index (κ3) is 5.19. The SMILES string of the molecule is COc1ccc(/C=N\NC(=O)CNc2cccc(Cl)c2)cc1O. The first kappa shape index (κ1) is 16.6. The topological polar surface area (TPSA) is 83.0 Å². The van der Waals surface area contributed by atoms with Gasteiger partial charge in [0.25, 0.3) is 5.91 Å². The molecule has 2 aromatic rings. The highest BCUT2D eigenvalue weighted by molar-refractivity contribution is 6.30. The number of hydrogen-bond donors (Lipinski definition) is 3. The lowest BCUT2D eigenvalue weighted by Crippen LogP contribution is -2.25. The van der Waals surface area contributed by atoms with Crippen LogP contribution in [-0.4, -0.2) is 30.9 Å². The van der Waals surface area contributed by atoms with Crippen molar-refractivity contribution in [3.05, 3.63) is 53.1 Å². The van der Waals surface area contributed by atoms with Gasteiger partial charge < -0.3 is 15.2 Å². The number of hydrogen-bond acceptors (Lipinski definition) is 5. The van der Waals surface area contributed by atoms with Gasteiger partial charge in [0, 0.05) is 10.7 Å². The smallest absolute Gasteiger partial charge is 0.259 e. The molecule has 0 heterocycles. The quantitative estimate of drug-likeness (QED) is 0.560. The van der Waals surface area contributed by atoms with Crippen LogP contribution in [0.5, 0.6) is 11.5 Å². The summed E-state index contributed by atoms with van der Waals surface area (Å²) in [7, 11) is 1.47. The molecule has 0 bridgehead atoms. The Morgan fingerprint density at radius 1 is 1.35 bits per heavy atom. The summed E-state index contributed by atoms with van der Waals surface area (Å²) in [6, 6.07) is 11.9. The van der Waals surface area contributed by atoms with E-state index in [2.05, 4.69) is 15.8 Å². The molecule has 6 nitrogen and oxygen atoms in total. The lowest BCUT2D eigenvalue weighted by molar-refractivity contribution is -0.119. The summed E-state index contributed by atoms with van der Waals surface area (Å²) in [5.41, 5.74) is 3.76. The number of benzene rings is 2. The van der Waals surface area contributed by atoms with Crippen LogP contribution in [0.15, 0.2) is 47.6 Å². The maximum Gasteiger partial charge on any atom is 0.259 e. The van der Waals surface area contributed by atoms with Gasteiger partial charge in [-0.3, -0.25) is 4.79 Å². The van der Waals surface area contributed by atoms with E-state index in [1.165, 1.54) is 19.4 Å². The Balaban J connectivity index is 1.83. The largest absolute Gasteiger partial charge is 0.504 e. The summed E-state index contributed by atoms with van der Waals surface area (Å²) < 4.78 is 4.94. The fraction of sp³-hybridized carbons (Fsp3) is 0.125. The molecule has 0 saturated carbocycles. The number of carbonyl (C=O) groups is 1. The molecule has 0 spiro atoms. The summed E-state index contributed by atoms with van der Waals surface area (Å²) >= 11 is 5.85. The number of methoxy groups -OCH3 is 1. The van der Waals surface area contributed by atoms with Gasteiger partial charge in [-0.15, -0.1) is 0 Å². The summed E-state index contributed by atoms with van der Waals surface area (Å²) in [4.78, 5) is 11.7. The Labute approximate surface area is 138 Å². The van der Waals surface area contributed by atoms with Gasteiger partial charge >= 0.3 is 0 Å². The predicted octanol–water partition coefficient (Wildman–Crippen LogP) is 2.62. The van der Waals surface area contributed by atoms with E-state index in [-0.39, 0.29) is 18.2 Å². The van der Waals surface area contributed by atoms with Gasteiger partial charge in [-0.1, -0.05) is 17.7 Å². The van der Waals surface area contributed by atoms with Crippen LogP contribution in [0.1, 0.15) is 5.56 Å². The number of rotatable bonds is 6. The molecule has 120 valence electrons. The van der Waals surface area contributed by atoms with E-state index >= 15 is 0 Å². The van der Waals surface area contributed by atoms with Crippen molar-refractivity contribution in [1.29, 1.82) is 0 Å². The molecule has 0 fully saturated rings. The van der Waals surface area contributed by atoms with Crippen molar-refractivity contribution in [2.75, 3.05) is 19.0 Å². The maximum atomic E-state index is 11.7. The molecular weight excluding hydrogens is 318 g/mol. The average Bonchev–Trinajstić information content (AvgIpc) is 2.53. The molecule has 2 aromatic carbocycles. The molecule has 1 amide bonds. The molecule has 0 aromatic heterocycles. The number of phenolic OH excluding ortho intramolecular Hbond substituents is 1. The summed E-state index contributed by atoms with van der Waals surface area (Å²) in [5, 5.41) is 17.0. The number of amides is 1. The molecule has 0 radical (unpaired) electrons. The number of aromatic hydroxyl groups is 1. The third-order valence-electron chi connectivity index (χ3n) is 2.88. The van der Waals surface area contributed by atoms with Crippen LogP contribution in [0.4, 0.5) is 5.69 Å². The van der Waals surface area contributed by atoms with Crippen LogP contribution in [0, 0.1) is 0 Å². The van der Waals surface area contributed by atoms with E-state index in [4.69, 9.17) is 16.3 Å². The molecule has 0 atom stereocenters. The maximum absolute atomic E-state index is 11.7. The molecule has 2 rings (SSSR count). The van der Waals surface area contributed by atoms with Crippen LogP contribution in [-0.2, 0) is 4.79 Å². The Kier molecular flexibility index (Phi) is 5.82. The van der Waals surface area contributed by atoms with Gasteiger partial charge in [0.05, 0.1) is 19.9 Å². The molecule has 23 heavy (non-hydrogen) atoms. The Morgan fingerprint density at radius 3 is 2.87 bits per heavy atom. The highest BCUT2D eigenvalue weighted by Gasteiger charge is 2.02. The Bertz CT molecular complexity index is 719. The molecule has 3 N–H and O–H groups in total. The van der Waals surface area contributed by atoms with E-state index < -0.39 is 0 Å². The van der Waals surface area contributed by atoms with Gasteiger partial charge in [0.1, 0.15) is 0 Å². The van der Waals surface area contributed by atoms with E-state index in [1.807, 2.05) is 6.07 Å². The number of halogens is 1. The number of nitrogens with one attached hydrogen (secondary N) is 2. The highest BCUT2D eigenvalue weighted by Crippen LogP contribution is 2.25. The molecule has 0 aliphatic heterocycles. The van der Waals surface area contributed by atoms with E-state index in [0.717, 1.165) is 5.69 Å². The summed E-state index contributed by atoms with van der Waals surface area (Å²) in [6.45, 7) is 0.0611. The minimum Gasteiger partial charge on any atom is -0.504 e. The Hall–Kier alpha value is -2.73. The zero-order valence-corrected chi connectivity index (χ0v) is 13.2. The van der Waals surface area contributed by atoms with Crippen LogP contribution >= 0.6 is 11.6 Å². The van der Waals surface area contributed by atoms with E-state index in [1.54, 1.807) is 30.3 Å². The van der Waals surface area contributed by atoms with Crippen LogP contribution in [0.2, 0.25) is 5.02 Å². The highest BCUT2D eigenvalue weighted by atomic mass is 35.5. The van der Waals surface area contributed by atoms with E-state index in [9.17, 15) is 9.90 Å². The number of hydrazone groups is 1. The van der Waals surface area contributed by atoms with Gasteiger partial charge in [-0.2, -0.15) is 5.10 Å². The molecule has 0 unspecified atom stereocenters. The number of phenols is 1. The average molecular weight is 334 g/mol. The minimum absolute atomic E-state index is 0.00500. The van der Waals surface area contributed by atoms with Crippen molar-refractivity contribution in [1.82, 2.24) is 5.43 Å². The van der Waals surface area contributed by atoms with Crippen molar-refractivity contribution in [2.24, 2.45) is 5.10 Å². The monoisotopic (exact) mass is 333 g/mol. The first-order valence-electron chi connectivity index (χ1n) is 6.77. The molecule has 0 aliphatic rings. The fourth-order valence-electron chi connectivity index (χ4n) is 1.79. The summed E-state index contributed by atoms with van der Waals surface area (Å²) in [5.74, 6) is 0.0706. The van der Waals surface area contributed by atoms with Crippen LogP contribution in [0.25, 0.3) is 0 Å². The second-order valence-electron chi connectivity index (χ2n) is 4.59. The Morgan fingerprint density at radius 2 is 2.17 bits per heavy atom. The molecule has 0 aliphatic carbocycles. The molecular formula is C16H16ClN3O3. The van der Waals surface area contributed by atoms with Crippen LogP contribution < -0.4 is 15.5 Å². The van der Waals surface area contributed by atoms with Gasteiger partial charge in [-0.05, 0) is 42.0 Å². The van der Waals surface area contributed by atoms with Gasteiger partial charge in [-0.25, -0.2) is 5.43 Å². The zero-order chi connectivity index (χ0) is 16.7. The fourth-order valence-corrected chi connectivity index (χ4v) is 1.98. The van der Waals surface area contributed by atoms with Gasteiger partial charge in [0.2, 0.25) is 0 Å². The molecule has 7 heteroatoms. The first-order chi connectivity index (χ1) is 11.1. The van der Waals surface area contributed by atoms with Crippen molar-refractivity contribution < 1.29 is 14.6 Å². The van der Waals surface area contributed by atoms with Gasteiger partial charge in [0.15, 0.2) is 11.5 Å². The normalized spacial score (nSPS) is 10.5. The second kappa shape index (κ2) is 8.05. The minimum atomic E-state index is -0.307. The van der Waals surface area contributed by atoms with E-state index in [0.29, 0.717) is 16.3 Å². The second-order valence-corrected chi connectivity index (χ2v) is 5.02. The summed E-state index contributed by atoms with van der Waals surface area (Å²) in [6.07, 6.45) is 1.43. The van der Waals surface area contributed by atoms with Crippen LogP contribution in [0.3, 0.4) is 0 Å².